The molecule has 0 radical (unpaired) electrons. The number of benzene rings is 1. The molecule has 0 spiro atoms. The van der Waals surface area contributed by atoms with Crippen LogP contribution < -0.4 is 16.4 Å². The predicted octanol–water partition coefficient (Wildman–Crippen LogP) is 1.78. The van der Waals surface area contributed by atoms with Gasteiger partial charge in [-0.2, -0.15) is 13.9 Å². The van der Waals surface area contributed by atoms with Crippen LogP contribution in [0.5, 0.6) is 0 Å². The number of primary amides is 1. The number of guanidine groups is 1. The Balaban J connectivity index is 1.13. The molecule has 1 aromatic rings. The van der Waals surface area contributed by atoms with E-state index in [0.717, 1.165) is 63.1 Å². The molecule has 1 fully saturated rings. The maximum absolute atomic E-state index is 12.3. The summed E-state index contributed by atoms with van der Waals surface area (Å²) >= 11 is 0. The molecule has 6 rings (SSSR count). The van der Waals surface area contributed by atoms with Gasteiger partial charge in [0.2, 0.25) is 21.7 Å². The number of piperazine rings is 1. The van der Waals surface area contributed by atoms with Gasteiger partial charge in [-0.1, -0.05) is 18.2 Å². The van der Waals surface area contributed by atoms with Crippen LogP contribution in [0.25, 0.3) is 0 Å². The zero-order valence-electron chi connectivity index (χ0n) is 24.7. The van der Waals surface area contributed by atoms with Crippen LogP contribution in [0, 0.1) is 5.92 Å². The number of carbonyl (C=O) groups excluding carboxylic acids is 1. The lowest BCUT2D eigenvalue weighted by atomic mass is 9.91. The van der Waals surface area contributed by atoms with Crippen molar-refractivity contribution in [3.63, 3.8) is 0 Å². The largest absolute Gasteiger partial charge is 0.506 e. The first-order valence-electron chi connectivity index (χ1n) is 14.9. The molecule has 0 saturated carbocycles. The van der Waals surface area contributed by atoms with Crippen molar-refractivity contribution in [1.82, 2.24) is 19.8 Å². The van der Waals surface area contributed by atoms with Gasteiger partial charge in [0.15, 0.2) is 6.21 Å². The van der Waals surface area contributed by atoms with Crippen molar-refractivity contribution in [2.24, 2.45) is 16.6 Å². The van der Waals surface area contributed by atoms with Gasteiger partial charge in [-0.3, -0.25) is 4.79 Å². The number of aliphatic hydroxyl groups is 1. The number of nitrogens with zero attached hydrogens (tertiary/aromatic N) is 4. The van der Waals surface area contributed by atoms with E-state index in [1.165, 1.54) is 17.4 Å². The summed E-state index contributed by atoms with van der Waals surface area (Å²) in [7, 11) is -3.12. The molecular formula is C31H40N7O4S+. The summed E-state index contributed by atoms with van der Waals surface area (Å²) in [4.78, 5) is 19.6. The highest BCUT2D eigenvalue weighted by Crippen LogP contribution is 2.39. The molecule has 3 heterocycles. The number of aliphatic imine (C=N–C) groups is 1. The second-order valence-corrected chi connectivity index (χ2v) is 14.0. The summed E-state index contributed by atoms with van der Waals surface area (Å²) < 4.78 is 27.0. The highest BCUT2D eigenvalue weighted by molar-refractivity contribution is 7.88. The van der Waals surface area contributed by atoms with Crippen LogP contribution in [0.1, 0.15) is 37.3 Å². The van der Waals surface area contributed by atoms with E-state index in [2.05, 4.69) is 45.9 Å². The standard InChI is InChI=1S/C31H39N7O4S/c1-31-27(28(39)26(29(32)40)20-38(31)25-11-8-22-4-3-5-23(22)18-25)19-33-30(35-31)34-24-9-6-21(7-10-24)12-13-36-14-16-37(17-15-36)43(2,41)42/h6,8-11,18-21H,3-5,7,12-17H2,1-2H3,(H4,32,33,34,35,39,40)/p+1. The maximum Gasteiger partial charge on any atom is 0.292 e. The Labute approximate surface area is 252 Å². The molecule has 1 amide bonds. The highest BCUT2D eigenvalue weighted by Gasteiger charge is 2.50. The number of aliphatic hydroxyl groups excluding tert-OH is 1. The molecule has 12 heteroatoms. The van der Waals surface area contributed by atoms with Gasteiger partial charge in [0.05, 0.1) is 6.26 Å². The van der Waals surface area contributed by atoms with Crippen LogP contribution in [-0.2, 0) is 27.7 Å². The van der Waals surface area contributed by atoms with E-state index in [4.69, 9.17) is 10.7 Å². The Hall–Kier alpha value is -3.74. The molecule has 3 aliphatic heterocycles. The van der Waals surface area contributed by atoms with Gasteiger partial charge in [0.25, 0.3) is 11.6 Å². The summed E-state index contributed by atoms with van der Waals surface area (Å²) in [5.41, 5.74) is 9.56. The van der Waals surface area contributed by atoms with Crippen molar-refractivity contribution in [2.45, 2.75) is 44.7 Å². The predicted molar refractivity (Wildman–Crippen MR) is 166 cm³/mol. The molecule has 11 nitrogen and oxygen atoms in total. The van der Waals surface area contributed by atoms with Crippen molar-refractivity contribution >= 4 is 33.8 Å². The van der Waals surface area contributed by atoms with E-state index in [-0.39, 0.29) is 11.3 Å². The molecule has 0 bridgehead atoms. The molecule has 5 N–H and O–H groups in total. The normalized spacial score (nSPS) is 26.0. The van der Waals surface area contributed by atoms with E-state index < -0.39 is 21.6 Å². The molecule has 0 aromatic heterocycles. The minimum absolute atomic E-state index is 0.0406. The third-order valence-electron chi connectivity index (χ3n) is 9.12. The lowest BCUT2D eigenvalue weighted by molar-refractivity contribution is -0.512. The Morgan fingerprint density at radius 2 is 2.00 bits per heavy atom. The fourth-order valence-electron chi connectivity index (χ4n) is 6.54. The number of hydrogen-bond acceptors (Lipinski definition) is 8. The van der Waals surface area contributed by atoms with E-state index in [9.17, 15) is 18.3 Å². The van der Waals surface area contributed by atoms with Crippen LogP contribution >= 0.6 is 0 Å². The van der Waals surface area contributed by atoms with Crippen molar-refractivity contribution in [2.75, 3.05) is 39.0 Å². The summed E-state index contributed by atoms with van der Waals surface area (Å²) in [5.74, 6) is 0.0447. The van der Waals surface area contributed by atoms with Crippen LogP contribution in [0.2, 0.25) is 0 Å². The SMILES string of the molecule is CC12N=C(NC3=CCC(CCN4CCN(S(C)(=O)=O)CC4)C=C3)NC=C1C(O)=C(C(N)=O)C=[N+]2c1ccc2c(c1)CCC2. The van der Waals surface area contributed by atoms with E-state index >= 15 is 0 Å². The first kappa shape index (κ1) is 29.3. The first-order valence-corrected chi connectivity index (χ1v) is 16.8. The lowest BCUT2D eigenvalue weighted by Crippen LogP contribution is -2.50. The first-order chi connectivity index (χ1) is 20.5. The number of nitrogens with two attached hydrogens (primary N) is 1. The minimum Gasteiger partial charge on any atom is -0.506 e. The number of aryl methyl sites for hydroxylation is 2. The average molecular weight is 607 g/mol. The Morgan fingerprint density at radius 3 is 2.70 bits per heavy atom. The second-order valence-electron chi connectivity index (χ2n) is 12.0. The number of allylic oxidation sites excluding steroid dienone is 3. The Kier molecular flexibility index (Phi) is 7.78. The third kappa shape index (κ3) is 5.91. The summed E-state index contributed by atoms with van der Waals surface area (Å²) in [5, 5.41) is 17.6. The minimum atomic E-state index is -3.12. The number of carbonyl (C=O) groups is 1. The summed E-state index contributed by atoms with van der Waals surface area (Å²) in [6, 6.07) is 6.31. The number of sulfonamides is 1. The van der Waals surface area contributed by atoms with E-state index in [0.29, 0.717) is 30.5 Å². The van der Waals surface area contributed by atoms with Gasteiger partial charge in [-0.25, -0.2) is 8.42 Å². The maximum atomic E-state index is 12.3. The number of rotatable bonds is 7. The van der Waals surface area contributed by atoms with Crippen LogP contribution in [-0.4, -0.2) is 90.0 Å². The zero-order valence-corrected chi connectivity index (χ0v) is 25.5. The molecule has 5 aliphatic rings. The monoisotopic (exact) mass is 606 g/mol. The smallest absolute Gasteiger partial charge is 0.292 e. The number of nitrogens with one attached hydrogen (secondary N) is 2. The second kappa shape index (κ2) is 11.4. The van der Waals surface area contributed by atoms with Crippen molar-refractivity contribution in [1.29, 1.82) is 0 Å². The molecule has 1 aromatic carbocycles. The van der Waals surface area contributed by atoms with Gasteiger partial charge in [-0.05, 0) is 61.8 Å². The van der Waals surface area contributed by atoms with E-state index in [1.54, 1.807) is 16.7 Å². The Bertz CT molecular complexity index is 1630. The quantitative estimate of drug-likeness (QED) is 0.347. The van der Waals surface area contributed by atoms with Gasteiger partial charge in [0.1, 0.15) is 16.9 Å². The Morgan fingerprint density at radius 1 is 1.23 bits per heavy atom. The number of fused-ring (bicyclic) bond motifs is 2. The van der Waals surface area contributed by atoms with Gasteiger partial charge < -0.3 is 26.4 Å². The third-order valence-corrected chi connectivity index (χ3v) is 10.4. The average Bonchev–Trinajstić information content (AvgIpc) is 3.44. The van der Waals surface area contributed by atoms with Crippen molar-refractivity contribution in [3.05, 3.63) is 76.4 Å². The van der Waals surface area contributed by atoms with E-state index in [1.807, 2.05) is 17.6 Å². The summed E-state index contributed by atoms with van der Waals surface area (Å²) in [6.45, 7) is 5.47. The fourth-order valence-corrected chi connectivity index (χ4v) is 7.37. The molecule has 228 valence electrons. The van der Waals surface area contributed by atoms with Gasteiger partial charge >= 0.3 is 0 Å². The number of amides is 1. The molecule has 43 heavy (non-hydrogen) atoms. The van der Waals surface area contributed by atoms with Gasteiger partial charge in [-0.15, -0.1) is 0 Å². The summed E-state index contributed by atoms with van der Waals surface area (Å²) in [6.07, 6.45) is 16.1. The van der Waals surface area contributed by atoms with Gasteiger partial charge in [0, 0.05) is 57.1 Å². The molecule has 2 aliphatic carbocycles. The zero-order chi connectivity index (χ0) is 30.4. The molecule has 1 saturated heterocycles. The topological polar surface area (TPSA) is 143 Å². The molecule has 2 unspecified atom stereocenters. The van der Waals surface area contributed by atoms with Crippen LogP contribution in [0.3, 0.4) is 0 Å². The van der Waals surface area contributed by atoms with Crippen LogP contribution in [0.15, 0.2) is 70.2 Å². The lowest BCUT2D eigenvalue weighted by Gasteiger charge is -2.34. The number of hydrogen-bond donors (Lipinski definition) is 4. The van der Waals surface area contributed by atoms with Crippen molar-refractivity contribution in [3.8, 4) is 0 Å². The molecular weight excluding hydrogens is 566 g/mol. The van der Waals surface area contributed by atoms with Crippen molar-refractivity contribution < 1.29 is 22.9 Å². The van der Waals surface area contributed by atoms with Crippen LogP contribution in [0.4, 0.5) is 5.69 Å². The molecule has 2 atom stereocenters. The fraction of sp³-hybridized carbons (Fsp3) is 0.452. The highest BCUT2D eigenvalue weighted by atomic mass is 32.2.